The van der Waals surface area contributed by atoms with Crippen molar-refractivity contribution in [1.82, 2.24) is 5.32 Å². The molecule has 152 valence electrons. The van der Waals surface area contributed by atoms with Crippen LogP contribution in [-0.4, -0.2) is 24.6 Å². The lowest BCUT2D eigenvalue weighted by atomic mass is 10.0. The van der Waals surface area contributed by atoms with Crippen LogP contribution in [0.15, 0.2) is 78.4 Å². The van der Waals surface area contributed by atoms with E-state index in [0.717, 1.165) is 16.0 Å². The van der Waals surface area contributed by atoms with E-state index in [4.69, 9.17) is 9.47 Å². The molecule has 3 aromatic rings. The molecule has 0 spiro atoms. The summed E-state index contributed by atoms with van der Waals surface area (Å²) in [5.74, 6) is -0.491. The van der Waals surface area contributed by atoms with Crippen molar-refractivity contribution in [1.29, 1.82) is 0 Å². The maximum absolute atomic E-state index is 13.0. The lowest BCUT2D eigenvalue weighted by Gasteiger charge is -2.26. The molecule has 0 radical (unpaired) electrons. The molecule has 0 bridgehead atoms. The van der Waals surface area contributed by atoms with Crippen molar-refractivity contribution in [3.63, 3.8) is 0 Å². The van der Waals surface area contributed by atoms with Gasteiger partial charge in [0, 0.05) is 6.07 Å². The minimum Gasteiger partial charge on any atom is -0.454 e. The molecular weight excluding hydrogens is 396 g/mol. The van der Waals surface area contributed by atoms with Crippen molar-refractivity contribution in [2.24, 2.45) is 0 Å². The van der Waals surface area contributed by atoms with Crippen LogP contribution in [0.3, 0.4) is 0 Å². The number of nitrogens with one attached hydrogen (secondary N) is 1. The van der Waals surface area contributed by atoms with E-state index in [9.17, 15) is 14.4 Å². The fourth-order valence-electron chi connectivity index (χ4n) is 3.49. The molecule has 3 aromatic carbocycles. The van der Waals surface area contributed by atoms with Crippen LogP contribution in [-0.2, 0) is 9.59 Å². The summed E-state index contributed by atoms with van der Waals surface area (Å²) in [6, 6.07) is 21.2. The highest BCUT2D eigenvalue weighted by Crippen LogP contribution is 2.36. The number of hydrogen-bond donors (Lipinski definition) is 1. The number of nitrogens with zero attached hydrogens (tertiary/aromatic N) is 1. The molecule has 0 aliphatic carbocycles. The molecule has 1 N–H and O–H groups in total. The first kappa shape index (κ1) is 18.6. The SMILES string of the molecule is O=C1NC(=O)N(c2ccc3c(c2)OCO3)C(=O)/C1=C/c1ccc(-c2ccccc2)cc1. The van der Waals surface area contributed by atoms with Crippen LogP contribution in [0.2, 0.25) is 0 Å². The number of urea groups is 1. The molecule has 0 aromatic heterocycles. The van der Waals surface area contributed by atoms with Gasteiger partial charge in [-0.2, -0.15) is 0 Å². The highest BCUT2D eigenvalue weighted by Gasteiger charge is 2.37. The van der Waals surface area contributed by atoms with Crippen molar-refractivity contribution in [3.8, 4) is 22.6 Å². The number of anilines is 1. The first-order valence-electron chi connectivity index (χ1n) is 9.57. The predicted molar refractivity (Wildman–Crippen MR) is 113 cm³/mol. The fraction of sp³-hybridized carbons (Fsp3) is 0.0417. The van der Waals surface area contributed by atoms with Gasteiger partial charge in [0.2, 0.25) is 6.79 Å². The summed E-state index contributed by atoms with van der Waals surface area (Å²) in [6.07, 6.45) is 1.47. The summed E-state index contributed by atoms with van der Waals surface area (Å²) < 4.78 is 10.6. The van der Waals surface area contributed by atoms with Crippen LogP contribution in [0.1, 0.15) is 5.56 Å². The molecule has 0 unspecified atom stereocenters. The third-order valence-corrected chi connectivity index (χ3v) is 5.04. The zero-order valence-electron chi connectivity index (χ0n) is 16.2. The third-order valence-electron chi connectivity index (χ3n) is 5.04. The van der Waals surface area contributed by atoms with E-state index in [0.29, 0.717) is 17.1 Å². The fourth-order valence-corrected chi connectivity index (χ4v) is 3.49. The van der Waals surface area contributed by atoms with E-state index in [1.54, 1.807) is 12.1 Å². The van der Waals surface area contributed by atoms with Gasteiger partial charge in [-0.15, -0.1) is 0 Å². The molecule has 1 fully saturated rings. The van der Waals surface area contributed by atoms with Gasteiger partial charge in [0.15, 0.2) is 11.5 Å². The molecular formula is C24H16N2O5. The van der Waals surface area contributed by atoms with Gasteiger partial charge in [-0.05, 0) is 34.9 Å². The standard InChI is InChI=1S/C24H16N2O5/c27-22-19(12-15-6-8-17(9-7-15)16-4-2-1-3-5-16)23(28)26(24(29)25-22)18-10-11-20-21(13-18)31-14-30-20/h1-13H,14H2,(H,25,27,29)/b19-12+. The van der Waals surface area contributed by atoms with Crippen LogP contribution < -0.4 is 19.7 Å². The monoisotopic (exact) mass is 412 g/mol. The van der Waals surface area contributed by atoms with Gasteiger partial charge in [0.25, 0.3) is 11.8 Å². The second kappa shape index (κ2) is 7.46. The van der Waals surface area contributed by atoms with Gasteiger partial charge >= 0.3 is 6.03 Å². The highest BCUT2D eigenvalue weighted by atomic mass is 16.7. The van der Waals surface area contributed by atoms with E-state index < -0.39 is 17.8 Å². The zero-order valence-corrected chi connectivity index (χ0v) is 16.2. The summed E-state index contributed by atoms with van der Waals surface area (Å²) in [4.78, 5) is 38.7. The number of carbonyl (C=O) groups excluding carboxylic acids is 3. The molecule has 2 aliphatic heterocycles. The first-order valence-corrected chi connectivity index (χ1v) is 9.57. The molecule has 7 heteroatoms. The molecule has 0 atom stereocenters. The van der Waals surface area contributed by atoms with E-state index >= 15 is 0 Å². The third kappa shape index (κ3) is 3.42. The summed E-state index contributed by atoms with van der Waals surface area (Å²) in [6.45, 7) is 0.0710. The first-order chi connectivity index (χ1) is 15.1. The molecule has 31 heavy (non-hydrogen) atoms. The van der Waals surface area contributed by atoms with Crippen LogP contribution in [0.25, 0.3) is 17.2 Å². The molecule has 2 aliphatic rings. The van der Waals surface area contributed by atoms with Gasteiger partial charge < -0.3 is 9.47 Å². The quantitative estimate of drug-likeness (QED) is 0.523. The number of ether oxygens (including phenoxy) is 2. The Kier molecular flexibility index (Phi) is 4.48. The van der Waals surface area contributed by atoms with E-state index in [2.05, 4.69) is 5.32 Å². The Labute approximate surface area is 177 Å². The number of hydrogen-bond acceptors (Lipinski definition) is 5. The van der Waals surface area contributed by atoms with E-state index in [1.807, 2.05) is 54.6 Å². The van der Waals surface area contributed by atoms with Gasteiger partial charge in [-0.25, -0.2) is 9.69 Å². The molecule has 2 heterocycles. The summed E-state index contributed by atoms with van der Waals surface area (Å²) in [5, 5.41) is 2.22. The number of fused-ring (bicyclic) bond motifs is 1. The van der Waals surface area contributed by atoms with Crippen molar-refractivity contribution in [2.45, 2.75) is 0 Å². The Morgan fingerprint density at radius 1 is 0.806 bits per heavy atom. The molecule has 5 rings (SSSR count). The second-order valence-electron chi connectivity index (χ2n) is 6.98. The number of amides is 4. The van der Waals surface area contributed by atoms with Gasteiger partial charge in [0.1, 0.15) is 5.57 Å². The average molecular weight is 412 g/mol. The topological polar surface area (TPSA) is 84.9 Å². The number of rotatable bonds is 3. The Morgan fingerprint density at radius 3 is 2.29 bits per heavy atom. The number of imide groups is 2. The Hall–Kier alpha value is -4.39. The maximum Gasteiger partial charge on any atom is 0.335 e. The Bertz CT molecular complexity index is 1230. The highest BCUT2D eigenvalue weighted by molar-refractivity contribution is 6.39. The van der Waals surface area contributed by atoms with Crippen LogP contribution in [0.5, 0.6) is 11.5 Å². The molecule has 0 saturated carbocycles. The van der Waals surface area contributed by atoms with Crippen LogP contribution in [0, 0.1) is 0 Å². The minimum absolute atomic E-state index is 0.0710. The lowest BCUT2D eigenvalue weighted by Crippen LogP contribution is -2.54. The zero-order chi connectivity index (χ0) is 21.4. The smallest absolute Gasteiger partial charge is 0.335 e. The average Bonchev–Trinajstić information content (AvgIpc) is 3.26. The summed E-state index contributed by atoms with van der Waals surface area (Å²) >= 11 is 0. The van der Waals surface area contributed by atoms with Gasteiger partial charge in [0.05, 0.1) is 5.69 Å². The molecule has 1 saturated heterocycles. The molecule has 7 nitrogen and oxygen atoms in total. The van der Waals surface area contributed by atoms with Crippen LogP contribution in [0.4, 0.5) is 10.5 Å². The van der Waals surface area contributed by atoms with E-state index in [-0.39, 0.29) is 18.1 Å². The summed E-state index contributed by atoms with van der Waals surface area (Å²) in [7, 11) is 0. The second-order valence-corrected chi connectivity index (χ2v) is 6.98. The Balaban J connectivity index is 1.46. The lowest BCUT2D eigenvalue weighted by molar-refractivity contribution is -0.122. The maximum atomic E-state index is 13.0. The van der Waals surface area contributed by atoms with Crippen molar-refractivity contribution in [3.05, 3.63) is 83.9 Å². The van der Waals surface area contributed by atoms with Gasteiger partial charge in [-0.1, -0.05) is 54.6 Å². The van der Waals surface area contributed by atoms with Crippen molar-refractivity contribution < 1.29 is 23.9 Å². The number of barbiturate groups is 1. The summed E-state index contributed by atoms with van der Waals surface area (Å²) in [5.41, 5.74) is 2.89. The van der Waals surface area contributed by atoms with Crippen LogP contribution >= 0.6 is 0 Å². The van der Waals surface area contributed by atoms with Crippen molar-refractivity contribution >= 4 is 29.6 Å². The van der Waals surface area contributed by atoms with Gasteiger partial charge in [-0.3, -0.25) is 14.9 Å². The predicted octanol–water partition coefficient (Wildman–Crippen LogP) is 3.75. The number of benzene rings is 3. The van der Waals surface area contributed by atoms with Crippen molar-refractivity contribution in [2.75, 3.05) is 11.7 Å². The number of carbonyl (C=O) groups is 3. The molecule has 4 amide bonds. The minimum atomic E-state index is -0.814. The Morgan fingerprint density at radius 2 is 1.52 bits per heavy atom. The largest absolute Gasteiger partial charge is 0.454 e. The van der Waals surface area contributed by atoms with E-state index in [1.165, 1.54) is 12.1 Å². The normalized spacial score (nSPS) is 16.6.